The number of carbonyl (C=O) groups excluding carboxylic acids is 1. The number of nitrogens with one attached hydrogen (secondary N) is 1. The third-order valence-electron chi connectivity index (χ3n) is 4.39. The third kappa shape index (κ3) is 2.63. The van der Waals surface area contributed by atoms with Gasteiger partial charge in [0.15, 0.2) is 0 Å². The van der Waals surface area contributed by atoms with Crippen molar-refractivity contribution in [3.05, 3.63) is 23.9 Å². The van der Waals surface area contributed by atoms with E-state index in [9.17, 15) is 4.79 Å². The lowest BCUT2D eigenvalue weighted by Gasteiger charge is -2.49. The summed E-state index contributed by atoms with van der Waals surface area (Å²) in [5, 5.41) is 2.98. The second kappa shape index (κ2) is 5.79. The van der Waals surface area contributed by atoms with Crippen LogP contribution < -0.4 is 5.32 Å². The lowest BCUT2D eigenvalue weighted by atomic mass is 9.75. The molecule has 0 radical (unpaired) electrons. The molecule has 0 bridgehead atoms. The first-order chi connectivity index (χ1) is 9.50. The topological polar surface area (TPSA) is 48.5 Å². The maximum atomic E-state index is 12.6. The molecule has 5 nitrogen and oxygen atoms in total. The number of carbonyl (C=O) groups is 1. The van der Waals surface area contributed by atoms with Crippen molar-refractivity contribution in [2.75, 3.05) is 40.1 Å². The van der Waals surface area contributed by atoms with Crippen LogP contribution in [0.15, 0.2) is 18.3 Å². The Balaban J connectivity index is 2.13. The minimum atomic E-state index is 0.0237. The minimum absolute atomic E-state index is 0.0237. The number of hydrogen-bond donors (Lipinski definition) is 1. The minimum Gasteiger partial charge on any atom is -0.372 e. The van der Waals surface area contributed by atoms with Gasteiger partial charge in [-0.1, -0.05) is 0 Å². The van der Waals surface area contributed by atoms with Gasteiger partial charge in [-0.05, 0) is 45.5 Å². The fourth-order valence-corrected chi connectivity index (χ4v) is 2.83. The normalized spacial score (nSPS) is 16.6. The molecule has 0 aliphatic heterocycles. The molecule has 20 heavy (non-hydrogen) atoms. The molecule has 1 aliphatic carbocycles. The Bertz CT molecular complexity index is 483. The van der Waals surface area contributed by atoms with Gasteiger partial charge >= 0.3 is 0 Å². The number of rotatable bonds is 5. The van der Waals surface area contributed by atoms with Crippen molar-refractivity contribution in [2.24, 2.45) is 0 Å². The van der Waals surface area contributed by atoms with Crippen molar-refractivity contribution in [2.45, 2.75) is 24.8 Å². The number of aromatic nitrogens is 1. The fraction of sp³-hybridized carbons (Fsp3) is 0.600. The Morgan fingerprint density at radius 3 is 2.60 bits per heavy atom. The van der Waals surface area contributed by atoms with Crippen molar-refractivity contribution in [3.8, 4) is 0 Å². The average molecular weight is 276 g/mol. The molecule has 1 aliphatic rings. The van der Waals surface area contributed by atoms with E-state index in [4.69, 9.17) is 0 Å². The monoisotopic (exact) mass is 276 g/mol. The molecule has 2 rings (SSSR count). The average Bonchev–Trinajstić information content (AvgIpc) is 2.41. The third-order valence-corrected chi connectivity index (χ3v) is 4.39. The van der Waals surface area contributed by atoms with Crippen molar-refractivity contribution in [1.29, 1.82) is 0 Å². The van der Waals surface area contributed by atoms with Gasteiger partial charge in [-0.25, -0.2) is 4.98 Å². The van der Waals surface area contributed by atoms with Crippen LogP contribution in [0, 0.1) is 0 Å². The van der Waals surface area contributed by atoms with Crippen molar-refractivity contribution in [3.63, 3.8) is 0 Å². The van der Waals surface area contributed by atoms with E-state index in [2.05, 4.69) is 29.3 Å². The summed E-state index contributed by atoms with van der Waals surface area (Å²) in [5.41, 5.74) is 0.776. The number of likely N-dealkylation sites (N-methyl/N-ethyl adjacent to an activating group) is 2. The summed E-state index contributed by atoms with van der Waals surface area (Å²) < 4.78 is 0. The highest BCUT2D eigenvalue weighted by atomic mass is 16.2. The van der Waals surface area contributed by atoms with E-state index in [1.54, 1.807) is 19.3 Å². The Labute approximate surface area is 121 Å². The van der Waals surface area contributed by atoms with Crippen LogP contribution in [0.2, 0.25) is 0 Å². The second-order valence-electron chi connectivity index (χ2n) is 5.78. The molecule has 0 spiro atoms. The van der Waals surface area contributed by atoms with Gasteiger partial charge in [0.05, 0.1) is 5.56 Å². The molecule has 1 fully saturated rings. The maximum absolute atomic E-state index is 12.6. The summed E-state index contributed by atoms with van der Waals surface area (Å²) in [5.74, 6) is 0.660. The first-order valence-electron chi connectivity index (χ1n) is 7.06. The van der Waals surface area contributed by atoms with Gasteiger partial charge in [0.1, 0.15) is 5.82 Å². The quantitative estimate of drug-likeness (QED) is 0.889. The van der Waals surface area contributed by atoms with Gasteiger partial charge in [0, 0.05) is 32.4 Å². The zero-order chi connectivity index (χ0) is 14.8. The maximum Gasteiger partial charge on any atom is 0.257 e. The SMILES string of the molecule is CNc1ncccc1C(=O)N(C)CC1(N(C)C)CCC1. The van der Waals surface area contributed by atoms with Gasteiger partial charge < -0.3 is 15.1 Å². The van der Waals surface area contributed by atoms with Gasteiger partial charge in [0.2, 0.25) is 0 Å². The summed E-state index contributed by atoms with van der Waals surface area (Å²) in [6, 6.07) is 3.62. The molecule has 5 heteroatoms. The standard InChI is InChI=1S/C15H24N4O/c1-16-13-12(7-5-10-17-13)14(20)19(4)11-15(18(2)3)8-6-9-15/h5,7,10H,6,8-9,11H2,1-4H3,(H,16,17). The Hall–Kier alpha value is -1.62. The van der Waals surface area contributed by atoms with E-state index < -0.39 is 0 Å². The van der Waals surface area contributed by atoms with E-state index in [0.717, 1.165) is 19.4 Å². The van der Waals surface area contributed by atoms with Crippen LogP contribution in [-0.2, 0) is 0 Å². The second-order valence-corrected chi connectivity index (χ2v) is 5.78. The fourth-order valence-electron chi connectivity index (χ4n) is 2.83. The molecule has 1 amide bonds. The smallest absolute Gasteiger partial charge is 0.257 e. The predicted molar refractivity (Wildman–Crippen MR) is 81.0 cm³/mol. The van der Waals surface area contributed by atoms with E-state index in [-0.39, 0.29) is 11.4 Å². The number of nitrogens with zero attached hydrogens (tertiary/aromatic N) is 3. The summed E-state index contributed by atoms with van der Waals surface area (Å²) in [6.07, 6.45) is 5.25. The van der Waals surface area contributed by atoms with E-state index in [0.29, 0.717) is 11.4 Å². The van der Waals surface area contributed by atoms with Crippen LogP contribution in [0.4, 0.5) is 5.82 Å². The van der Waals surface area contributed by atoms with Crippen LogP contribution in [0.25, 0.3) is 0 Å². The molecule has 1 N–H and O–H groups in total. The summed E-state index contributed by atoms with van der Waals surface area (Å²) in [7, 11) is 7.85. The van der Waals surface area contributed by atoms with Crippen molar-refractivity contribution >= 4 is 11.7 Å². The molecule has 0 aromatic carbocycles. The van der Waals surface area contributed by atoms with Crippen LogP contribution in [0.1, 0.15) is 29.6 Å². The first-order valence-corrected chi connectivity index (χ1v) is 7.06. The van der Waals surface area contributed by atoms with Crippen LogP contribution in [0.5, 0.6) is 0 Å². The molecular weight excluding hydrogens is 252 g/mol. The van der Waals surface area contributed by atoms with Gasteiger partial charge in [-0.2, -0.15) is 0 Å². The van der Waals surface area contributed by atoms with Gasteiger partial charge in [-0.15, -0.1) is 0 Å². The summed E-state index contributed by atoms with van der Waals surface area (Å²) in [6.45, 7) is 0.761. The van der Waals surface area contributed by atoms with Crippen LogP contribution in [-0.4, -0.2) is 61.0 Å². The predicted octanol–water partition coefficient (Wildman–Crippen LogP) is 1.68. The molecule has 0 unspecified atom stereocenters. The highest BCUT2D eigenvalue weighted by Gasteiger charge is 2.40. The Kier molecular flexibility index (Phi) is 4.28. The summed E-state index contributed by atoms with van der Waals surface area (Å²) in [4.78, 5) is 20.9. The zero-order valence-electron chi connectivity index (χ0n) is 12.8. The Morgan fingerprint density at radius 2 is 2.10 bits per heavy atom. The zero-order valence-corrected chi connectivity index (χ0v) is 12.8. The highest BCUT2D eigenvalue weighted by Crippen LogP contribution is 2.36. The largest absolute Gasteiger partial charge is 0.372 e. The van der Waals surface area contributed by atoms with E-state index in [1.807, 2.05) is 18.0 Å². The highest BCUT2D eigenvalue weighted by molar-refractivity contribution is 5.98. The molecule has 1 aromatic rings. The van der Waals surface area contributed by atoms with Gasteiger partial charge in [0.25, 0.3) is 5.91 Å². The molecule has 1 saturated carbocycles. The molecule has 0 saturated heterocycles. The van der Waals surface area contributed by atoms with E-state index >= 15 is 0 Å². The summed E-state index contributed by atoms with van der Waals surface area (Å²) >= 11 is 0. The molecule has 0 atom stereocenters. The molecule has 1 heterocycles. The molecule has 1 aromatic heterocycles. The van der Waals surface area contributed by atoms with Gasteiger partial charge in [-0.3, -0.25) is 4.79 Å². The van der Waals surface area contributed by atoms with Crippen molar-refractivity contribution in [1.82, 2.24) is 14.8 Å². The number of pyridine rings is 1. The first kappa shape index (κ1) is 14.8. The van der Waals surface area contributed by atoms with E-state index in [1.165, 1.54) is 6.42 Å². The lowest BCUT2D eigenvalue weighted by molar-refractivity contribution is 0.0253. The lowest BCUT2D eigenvalue weighted by Crippen LogP contribution is -2.57. The number of amides is 1. The van der Waals surface area contributed by atoms with Crippen LogP contribution in [0.3, 0.4) is 0 Å². The number of hydrogen-bond acceptors (Lipinski definition) is 4. The van der Waals surface area contributed by atoms with Crippen molar-refractivity contribution < 1.29 is 4.79 Å². The molecule has 110 valence electrons. The Morgan fingerprint density at radius 1 is 1.40 bits per heavy atom. The van der Waals surface area contributed by atoms with Crippen LogP contribution >= 0.6 is 0 Å². The number of anilines is 1. The molecular formula is C15H24N4O.